The second kappa shape index (κ2) is 3.99. The van der Waals surface area contributed by atoms with Gasteiger partial charge in [-0.25, -0.2) is 0 Å². The topological polar surface area (TPSA) is 35.8 Å². The molecule has 17 heavy (non-hydrogen) atoms. The first-order valence-corrected chi connectivity index (χ1v) is 7.32. The zero-order valence-electron chi connectivity index (χ0n) is 11.1. The molecule has 1 atom stereocenters. The van der Waals surface area contributed by atoms with E-state index in [1.165, 1.54) is 32.1 Å². The van der Waals surface area contributed by atoms with Gasteiger partial charge in [0.1, 0.15) is 5.54 Å². The zero-order chi connectivity index (χ0) is 12.0. The summed E-state index contributed by atoms with van der Waals surface area (Å²) in [5.74, 6) is 3.77. The fourth-order valence-corrected chi connectivity index (χ4v) is 4.74. The van der Waals surface area contributed by atoms with Gasteiger partial charge in [-0.15, -0.1) is 0 Å². The van der Waals surface area contributed by atoms with E-state index < -0.39 is 0 Å². The molecule has 4 rings (SSSR count). The Morgan fingerprint density at radius 3 is 2.06 bits per heavy atom. The Morgan fingerprint density at radius 1 is 1.12 bits per heavy atom. The average molecular weight is 232 g/mol. The Hall–Kier alpha value is -0.550. The van der Waals surface area contributed by atoms with Gasteiger partial charge in [-0.3, -0.25) is 5.32 Å². The highest BCUT2D eigenvalue weighted by atomic mass is 15.0. The van der Waals surface area contributed by atoms with E-state index in [-0.39, 0.29) is 5.54 Å². The molecule has 0 radical (unpaired) electrons. The van der Waals surface area contributed by atoms with Crippen molar-refractivity contribution >= 4 is 0 Å². The van der Waals surface area contributed by atoms with Gasteiger partial charge in [0.05, 0.1) is 6.07 Å². The Balaban J connectivity index is 1.74. The van der Waals surface area contributed by atoms with Crippen LogP contribution in [0, 0.1) is 35.0 Å². The molecule has 0 spiro atoms. The van der Waals surface area contributed by atoms with Crippen LogP contribution >= 0.6 is 0 Å². The molecule has 1 unspecified atom stereocenters. The van der Waals surface area contributed by atoms with Crippen molar-refractivity contribution in [1.82, 2.24) is 5.32 Å². The third-order valence-electron chi connectivity index (χ3n) is 5.67. The fourth-order valence-electron chi connectivity index (χ4n) is 4.74. The van der Waals surface area contributed by atoms with E-state index in [1.54, 1.807) is 0 Å². The highest BCUT2D eigenvalue weighted by Crippen LogP contribution is 2.54. The molecule has 0 saturated heterocycles. The minimum atomic E-state index is -0.306. The lowest BCUT2D eigenvalue weighted by Gasteiger charge is -2.55. The Bertz CT molecular complexity index is 315. The number of nitriles is 1. The van der Waals surface area contributed by atoms with Crippen LogP contribution in [0.5, 0.6) is 0 Å². The van der Waals surface area contributed by atoms with Crippen molar-refractivity contribution in [2.75, 3.05) is 0 Å². The molecule has 0 aromatic heterocycles. The van der Waals surface area contributed by atoms with Gasteiger partial charge in [-0.05, 0) is 69.1 Å². The molecule has 4 fully saturated rings. The van der Waals surface area contributed by atoms with E-state index >= 15 is 0 Å². The standard InChI is InChI=1S/C15H24N2/c1-3-15(2,9-16)17-14-12-5-10-4-11(7-12)8-13(14)6-10/h10-14,17H,3-8H2,1-2H3. The third kappa shape index (κ3) is 1.89. The maximum absolute atomic E-state index is 9.33. The van der Waals surface area contributed by atoms with Crippen molar-refractivity contribution in [2.45, 2.75) is 64.0 Å². The van der Waals surface area contributed by atoms with Gasteiger partial charge in [0.25, 0.3) is 0 Å². The second-order valence-electron chi connectivity index (χ2n) is 6.90. The van der Waals surface area contributed by atoms with Gasteiger partial charge < -0.3 is 0 Å². The summed E-state index contributed by atoms with van der Waals surface area (Å²) in [6.07, 6.45) is 8.12. The minimum absolute atomic E-state index is 0.306. The maximum Gasteiger partial charge on any atom is 0.103 e. The van der Waals surface area contributed by atoms with Crippen molar-refractivity contribution in [3.8, 4) is 6.07 Å². The van der Waals surface area contributed by atoms with Gasteiger partial charge in [-0.2, -0.15) is 5.26 Å². The summed E-state index contributed by atoms with van der Waals surface area (Å²) >= 11 is 0. The van der Waals surface area contributed by atoms with Gasteiger partial charge in [0.2, 0.25) is 0 Å². The summed E-state index contributed by atoms with van der Waals surface area (Å²) in [5, 5.41) is 13.0. The van der Waals surface area contributed by atoms with E-state index in [4.69, 9.17) is 0 Å². The van der Waals surface area contributed by atoms with Gasteiger partial charge in [0, 0.05) is 6.04 Å². The van der Waals surface area contributed by atoms with Crippen molar-refractivity contribution in [2.24, 2.45) is 23.7 Å². The highest BCUT2D eigenvalue weighted by molar-refractivity contribution is 5.09. The summed E-state index contributed by atoms with van der Waals surface area (Å²) in [7, 11) is 0. The summed E-state index contributed by atoms with van der Waals surface area (Å²) in [5.41, 5.74) is -0.306. The van der Waals surface area contributed by atoms with Gasteiger partial charge >= 0.3 is 0 Å². The Kier molecular flexibility index (Phi) is 2.70. The first kappa shape index (κ1) is 11.5. The Labute approximate surface area is 105 Å². The van der Waals surface area contributed by atoms with Crippen LogP contribution in [0.2, 0.25) is 0 Å². The lowest BCUT2D eigenvalue weighted by molar-refractivity contribution is -0.0208. The van der Waals surface area contributed by atoms with Gasteiger partial charge in [-0.1, -0.05) is 6.92 Å². The molecule has 0 aliphatic heterocycles. The molecular formula is C15H24N2. The predicted octanol–water partition coefficient (Wildman–Crippen LogP) is 3.09. The molecule has 1 N–H and O–H groups in total. The third-order valence-corrected chi connectivity index (χ3v) is 5.67. The molecular weight excluding hydrogens is 208 g/mol. The number of rotatable bonds is 3. The summed E-state index contributed by atoms with van der Waals surface area (Å²) in [4.78, 5) is 0. The van der Waals surface area contributed by atoms with Crippen molar-refractivity contribution in [3.05, 3.63) is 0 Å². The smallest absolute Gasteiger partial charge is 0.103 e. The quantitative estimate of drug-likeness (QED) is 0.811. The van der Waals surface area contributed by atoms with E-state index in [0.29, 0.717) is 6.04 Å². The Morgan fingerprint density at radius 2 is 1.65 bits per heavy atom. The molecule has 94 valence electrons. The fraction of sp³-hybridized carbons (Fsp3) is 0.933. The van der Waals surface area contributed by atoms with Crippen LogP contribution in [-0.4, -0.2) is 11.6 Å². The number of hydrogen-bond acceptors (Lipinski definition) is 2. The number of nitrogens with one attached hydrogen (secondary N) is 1. The maximum atomic E-state index is 9.33. The molecule has 4 aliphatic carbocycles. The summed E-state index contributed by atoms with van der Waals surface area (Å²) in [6, 6.07) is 3.11. The lowest BCUT2D eigenvalue weighted by atomic mass is 9.54. The van der Waals surface area contributed by atoms with Crippen LogP contribution in [0.4, 0.5) is 0 Å². The highest BCUT2D eigenvalue weighted by Gasteiger charge is 2.49. The first-order valence-electron chi connectivity index (χ1n) is 7.32. The van der Waals surface area contributed by atoms with Crippen LogP contribution in [0.15, 0.2) is 0 Å². The van der Waals surface area contributed by atoms with E-state index in [0.717, 1.165) is 30.1 Å². The molecule has 2 heteroatoms. The monoisotopic (exact) mass is 232 g/mol. The molecule has 0 heterocycles. The van der Waals surface area contributed by atoms with E-state index in [9.17, 15) is 5.26 Å². The molecule has 0 amide bonds. The van der Waals surface area contributed by atoms with Crippen molar-refractivity contribution in [1.29, 1.82) is 5.26 Å². The van der Waals surface area contributed by atoms with Gasteiger partial charge in [0.15, 0.2) is 0 Å². The van der Waals surface area contributed by atoms with Crippen LogP contribution in [0.3, 0.4) is 0 Å². The van der Waals surface area contributed by atoms with Crippen molar-refractivity contribution < 1.29 is 0 Å². The summed E-state index contributed by atoms with van der Waals surface area (Å²) < 4.78 is 0. The number of hydrogen-bond donors (Lipinski definition) is 1. The lowest BCUT2D eigenvalue weighted by Crippen LogP contribution is -2.59. The first-order chi connectivity index (χ1) is 8.13. The number of nitrogens with zero attached hydrogens (tertiary/aromatic N) is 1. The van der Waals surface area contributed by atoms with Crippen LogP contribution < -0.4 is 5.32 Å². The molecule has 0 aromatic carbocycles. The average Bonchev–Trinajstić information content (AvgIpc) is 2.33. The summed E-state index contributed by atoms with van der Waals surface area (Å²) in [6.45, 7) is 4.18. The van der Waals surface area contributed by atoms with E-state index in [1.807, 2.05) is 0 Å². The van der Waals surface area contributed by atoms with Crippen LogP contribution in [-0.2, 0) is 0 Å². The SMILES string of the molecule is CCC(C)(C#N)NC1C2CC3CC(C2)CC1C3. The molecule has 2 nitrogen and oxygen atoms in total. The van der Waals surface area contributed by atoms with Crippen LogP contribution in [0.25, 0.3) is 0 Å². The van der Waals surface area contributed by atoms with Crippen molar-refractivity contribution in [3.63, 3.8) is 0 Å². The van der Waals surface area contributed by atoms with E-state index in [2.05, 4.69) is 25.2 Å². The molecule has 0 aromatic rings. The zero-order valence-corrected chi connectivity index (χ0v) is 11.1. The normalized spacial score (nSPS) is 46.5. The predicted molar refractivity (Wildman–Crippen MR) is 68.3 cm³/mol. The molecule has 4 saturated carbocycles. The molecule has 4 bridgehead atoms. The molecule has 4 aliphatic rings. The second-order valence-corrected chi connectivity index (χ2v) is 6.90. The largest absolute Gasteiger partial charge is 0.296 e. The minimum Gasteiger partial charge on any atom is -0.296 e. The van der Waals surface area contributed by atoms with Crippen LogP contribution in [0.1, 0.15) is 52.4 Å².